The van der Waals surface area contributed by atoms with E-state index in [2.05, 4.69) is 11.4 Å². The molecule has 0 bridgehead atoms. The Kier molecular flexibility index (Phi) is 3.02. The summed E-state index contributed by atoms with van der Waals surface area (Å²) in [7, 11) is 0. The lowest BCUT2D eigenvalue weighted by molar-refractivity contribution is 0.155. The molecule has 2 aromatic rings. The minimum atomic E-state index is -0.189. The van der Waals surface area contributed by atoms with Crippen LogP contribution in [0, 0.1) is 6.07 Å². The number of fused-ring (bicyclic) bond motifs is 1. The van der Waals surface area contributed by atoms with Gasteiger partial charge in [-0.05, 0) is 44.1 Å². The van der Waals surface area contributed by atoms with Crippen molar-refractivity contribution in [2.45, 2.75) is 18.3 Å². The van der Waals surface area contributed by atoms with Gasteiger partial charge in [-0.1, -0.05) is 18.2 Å². The monoisotopic (exact) mass is 241 g/mol. The molecule has 1 fully saturated rings. The number of piperidine rings is 1. The first-order valence-corrected chi connectivity index (χ1v) is 6.44. The van der Waals surface area contributed by atoms with Crippen molar-refractivity contribution in [2.24, 2.45) is 0 Å². The Morgan fingerprint density at radius 1 is 1.28 bits per heavy atom. The molecule has 1 aliphatic rings. The Hall–Kier alpha value is -1.45. The second kappa shape index (κ2) is 4.67. The Morgan fingerprint density at radius 3 is 2.83 bits per heavy atom. The van der Waals surface area contributed by atoms with Crippen molar-refractivity contribution < 1.29 is 5.11 Å². The van der Waals surface area contributed by atoms with E-state index in [1.54, 1.807) is 0 Å². The van der Waals surface area contributed by atoms with Crippen molar-refractivity contribution in [3.63, 3.8) is 0 Å². The first-order chi connectivity index (χ1) is 8.84. The summed E-state index contributed by atoms with van der Waals surface area (Å²) in [4.78, 5) is 4.72. The number of rotatable bonds is 2. The summed E-state index contributed by atoms with van der Waals surface area (Å²) in [6.45, 7) is 2.04. The number of aliphatic hydroxyl groups excluding tert-OH is 1. The van der Waals surface area contributed by atoms with E-state index in [0.717, 1.165) is 42.5 Å². The molecular weight excluding hydrogens is 224 g/mol. The van der Waals surface area contributed by atoms with Crippen molar-refractivity contribution >= 4 is 10.9 Å². The molecule has 2 N–H and O–H groups in total. The van der Waals surface area contributed by atoms with Crippen LogP contribution in [0.25, 0.3) is 10.9 Å². The molecule has 0 spiro atoms. The Balaban J connectivity index is 2.06. The normalized spacial score (nSPS) is 18.9. The summed E-state index contributed by atoms with van der Waals surface area (Å²) in [6.07, 6.45) is 1.87. The van der Waals surface area contributed by atoms with Crippen LogP contribution in [0.15, 0.2) is 30.3 Å². The van der Waals surface area contributed by atoms with Gasteiger partial charge in [-0.25, -0.2) is 0 Å². The molecule has 3 rings (SSSR count). The van der Waals surface area contributed by atoms with E-state index >= 15 is 0 Å². The highest BCUT2D eigenvalue weighted by Crippen LogP contribution is 2.32. The van der Waals surface area contributed by atoms with Crippen LogP contribution in [0.3, 0.4) is 0 Å². The average Bonchev–Trinajstić information content (AvgIpc) is 2.47. The van der Waals surface area contributed by atoms with Gasteiger partial charge in [-0.3, -0.25) is 4.98 Å². The SMILES string of the molecule is OCC1(c2c[c]c3ccccc3n2)CCNCC1. The molecule has 0 unspecified atom stereocenters. The summed E-state index contributed by atoms with van der Waals surface area (Å²) in [6, 6.07) is 13.2. The minimum absolute atomic E-state index is 0.161. The Morgan fingerprint density at radius 2 is 2.06 bits per heavy atom. The smallest absolute Gasteiger partial charge is 0.0711 e. The summed E-state index contributed by atoms with van der Waals surface area (Å²) >= 11 is 0. The van der Waals surface area contributed by atoms with Gasteiger partial charge >= 0.3 is 0 Å². The molecule has 3 nitrogen and oxygen atoms in total. The molecule has 0 atom stereocenters. The predicted molar refractivity (Wildman–Crippen MR) is 71.4 cm³/mol. The third-order valence-electron chi connectivity index (χ3n) is 3.92. The van der Waals surface area contributed by atoms with E-state index in [1.807, 2.05) is 30.3 Å². The standard InChI is InChI=1S/C15H17N2O/c18-11-15(7-9-16-10-8-15)14-6-5-12-3-1-2-4-13(12)17-14/h1-4,6,16,18H,7-11H2. The predicted octanol–water partition coefficient (Wildman–Crippen LogP) is 1.65. The highest BCUT2D eigenvalue weighted by Gasteiger charge is 2.34. The fourth-order valence-electron chi connectivity index (χ4n) is 2.67. The van der Waals surface area contributed by atoms with Crippen LogP contribution >= 0.6 is 0 Å². The van der Waals surface area contributed by atoms with Crippen LogP contribution < -0.4 is 5.32 Å². The topological polar surface area (TPSA) is 45.2 Å². The van der Waals surface area contributed by atoms with Crippen LogP contribution in [0.2, 0.25) is 0 Å². The summed E-state index contributed by atoms with van der Waals surface area (Å²) < 4.78 is 0. The average molecular weight is 241 g/mol. The minimum Gasteiger partial charge on any atom is -0.395 e. The van der Waals surface area contributed by atoms with Crippen LogP contribution in [0.1, 0.15) is 18.5 Å². The van der Waals surface area contributed by atoms with Crippen LogP contribution in [-0.4, -0.2) is 29.8 Å². The first-order valence-electron chi connectivity index (χ1n) is 6.44. The van der Waals surface area contributed by atoms with E-state index in [4.69, 9.17) is 4.98 Å². The molecule has 1 aliphatic heterocycles. The number of hydrogen-bond acceptors (Lipinski definition) is 3. The van der Waals surface area contributed by atoms with E-state index < -0.39 is 0 Å². The van der Waals surface area contributed by atoms with Crippen LogP contribution in [-0.2, 0) is 5.41 Å². The van der Waals surface area contributed by atoms with Gasteiger partial charge in [0, 0.05) is 10.8 Å². The summed E-state index contributed by atoms with van der Waals surface area (Å²) in [5, 5.41) is 14.1. The molecule has 1 aromatic carbocycles. The molecule has 1 saturated heterocycles. The zero-order chi connectivity index (χ0) is 12.4. The molecule has 0 aliphatic carbocycles. The number of hydrogen-bond donors (Lipinski definition) is 2. The number of pyridine rings is 1. The number of benzene rings is 1. The first kappa shape index (κ1) is 11.6. The number of aliphatic hydroxyl groups is 1. The second-order valence-electron chi connectivity index (χ2n) is 4.99. The quantitative estimate of drug-likeness (QED) is 0.840. The fourth-order valence-corrected chi connectivity index (χ4v) is 2.67. The van der Waals surface area contributed by atoms with E-state index in [9.17, 15) is 5.11 Å². The Labute approximate surface area is 107 Å². The number of aromatic nitrogens is 1. The van der Waals surface area contributed by atoms with Crippen molar-refractivity contribution in [1.82, 2.24) is 10.3 Å². The van der Waals surface area contributed by atoms with Crippen molar-refractivity contribution in [2.75, 3.05) is 19.7 Å². The molecule has 18 heavy (non-hydrogen) atoms. The molecule has 0 amide bonds. The maximum atomic E-state index is 9.79. The molecular formula is C15H17N2O. The summed E-state index contributed by atoms with van der Waals surface area (Å²) in [5.74, 6) is 0. The van der Waals surface area contributed by atoms with Crippen molar-refractivity contribution in [3.8, 4) is 0 Å². The van der Waals surface area contributed by atoms with Crippen molar-refractivity contribution in [3.05, 3.63) is 42.1 Å². The van der Waals surface area contributed by atoms with Crippen LogP contribution in [0.5, 0.6) is 0 Å². The van der Waals surface area contributed by atoms with E-state index in [-0.39, 0.29) is 12.0 Å². The lowest BCUT2D eigenvalue weighted by Gasteiger charge is -2.35. The Bertz CT molecular complexity index is 547. The van der Waals surface area contributed by atoms with E-state index in [0.29, 0.717) is 0 Å². The molecule has 1 aromatic heterocycles. The van der Waals surface area contributed by atoms with Crippen LogP contribution in [0.4, 0.5) is 0 Å². The maximum absolute atomic E-state index is 9.79. The summed E-state index contributed by atoms with van der Waals surface area (Å²) in [5.41, 5.74) is 1.75. The largest absolute Gasteiger partial charge is 0.395 e. The third-order valence-corrected chi connectivity index (χ3v) is 3.92. The van der Waals surface area contributed by atoms with Gasteiger partial charge in [0.15, 0.2) is 0 Å². The van der Waals surface area contributed by atoms with Gasteiger partial charge in [0.05, 0.1) is 17.8 Å². The van der Waals surface area contributed by atoms with Gasteiger partial charge in [0.1, 0.15) is 0 Å². The number of nitrogens with zero attached hydrogens (tertiary/aromatic N) is 1. The molecule has 93 valence electrons. The van der Waals surface area contributed by atoms with Gasteiger partial charge < -0.3 is 10.4 Å². The maximum Gasteiger partial charge on any atom is 0.0711 e. The highest BCUT2D eigenvalue weighted by atomic mass is 16.3. The lowest BCUT2D eigenvalue weighted by atomic mass is 9.76. The zero-order valence-corrected chi connectivity index (χ0v) is 10.3. The van der Waals surface area contributed by atoms with Crippen molar-refractivity contribution in [1.29, 1.82) is 0 Å². The molecule has 2 heterocycles. The number of nitrogens with one attached hydrogen (secondary N) is 1. The van der Waals surface area contributed by atoms with E-state index in [1.165, 1.54) is 0 Å². The second-order valence-corrected chi connectivity index (χ2v) is 4.99. The molecule has 3 heteroatoms. The van der Waals surface area contributed by atoms with Gasteiger partial charge in [-0.15, -0.1) is 0 Å². The van der Waals surface area contributed by atoms with Gasteiger partial charge in [0.25, 0.3) is 0 Å². The van der Waals surface area contributed by atoms with Gasteiger partial charge in [-0.2, -0.15) is 0 Å². The molecule has 1 radical (unpaired) electrons. The molecule has 0 saturated carbocycles. The third kappa shape index (κ3) is 1.89. The van der Waals surface area contributed by atoms with Gasteiger partial charge in [0.2, 0.25) is 0 Å². The zero-order valence-electron chi connectivity index (χ0n) is 10.3. The lowest BCUT2D eigenvalue weighted by Crippen LogP contribution is -2.43. The highest BCUT2D eigenvalue weighted by molar-refractivity contribution is 5.77. The number of para-hydroxylation sites is 1. The fraction of sp³-hybridized carbons (Fsp3) is 0.400.